The fourth-order valence-electron chi connectivity index (χ4n) is 2.72. The first kappa shape index (κ1) is 23.4. The minimum Gasteiger partial charge on any atom is -0.465 e. The number of aryl methyl sites for hydroxylation is 1. The SMILES string of the molecule is C=CO/C(=C\C)c1ccc(C)c(-c2cnc(NC(=O)c3ccncc3F)cn2)c1.CC. The number of amides is 1. The van der Waals surface area contributed by atoms with E-state index in [4.69, 9.17) is 4.74 Å². The van der Waals surface area contributed by atoms with Gasteiger partial charge in [0.15, 0.2) is 11.6 Å². The van der Waals surface area contributed by atoms with Crippen molar-refractivity contribution >= 4 is 17.5 Å². The standard InChI is InChI=1S/C22H19FN4O2.C2H6/c1-4-20(29-5-2)15-7-6-14(3)17(10-15)19-12-26-21(13-25-19)27-22(28)16-8-9-24-11-18(16)23;1-2/h4-13H,2H2,1,3H3,(H,26,27,28);1-2H3/b20-4-;. The van der Waals surface area contributed by atoms with Crippen molar-refractivity contribution in [2.24, 2.45) is 0 Å². The summed E-state index contributed by atoms with van der Waals surface area (Å²) in [5, 5.41) is 2.53. The first-order chi connectivity index (χ1) is 15.0. The largest absolute Gasteiger partial charge is 0.465 e. The van der Waals surface area contributed by atoms with Crippen molar-refractivity contribution < 1.29 is 13.9 Å². The third-order valence-corrected chi connectivity index (χ3v) is 4.18. The number of carbonyl (C=O) groups is 1. The van der Waals surface area contributed by atoms with Crippen molar-refractivity contribution in [1.82, 2.24) is 15.0 Å². The van der Waals surface area contributed by atoms with Gasteiger partial charge in [-0.25, -0.2) is 9.37 Å². The number of carbonyl (C=O) groups excluding carboxylic acids is 1. The fourth-order valence-corrected chi connectivity index (χ4v) is 2.72. The number of anilines is 1. The number of benzene rings is 1. The van der Waals surface area contributed by atoms with Crippen LogP contribution in [0.3, 0.4) is 0 Å². The molecule has 0 saturated carbocycles. The van der Waals surface area contributed by atoms with Gasteiger partial charge in [-0.05, 0) is 37.6 Å². The Morgan fingerprint density at radius 2 is 1.94 bits per heavy atom. The molecule has 0 aliphatic rings. The van der Waals surface area contributed by atoms with Crippen LogP contribution >= 0.6 is 0 Å². The summed E-state index contributed by atoms with van der Waals surface area (Å²) in [5.74, 6) is -0.432. The Labute approximate surface area is 181 Å². The molecule has 3 aromatic rings. The molecule has 0 spiro atoms. The molecule has 7 heteroatoms. The predicted molar refractivity (Wildman–Crippen MR) is 121 cm³/mol. The van der Waals surface area contributed by atoms with Gasteiger partial charge in [-0.15, -0.1) is 0 Å². The second-order valence-corrected chi connectivity index (χ2v) is 6.06. The average Bonchev–Trinajstić information content (AvgIpc) is 2.80. The number of halogens is 1. The molecule has 0 aliphatic heterocycles. The zero-order chi connectivity index (χ0) is 22.8. The summed E-state index contributed by atoms with van der Waals surface area (Å²) >= 11 is 0. The highest BCUT2D eigenvalue weighted by atomic mass is 19.1. The summed E-state index contributed by atoms with van der Waals surface area (Å²) in [5.41, 5.74) is 3.27. The molecule has 2 heterocycles. The average molecular weight is 420 g/mol. The summed E-state index contributed by atoms with van der Waals surface area (Å²) in [7, 11) is 0. The third kappa shape index (κ3) is 5.82. The summed E-state index contributed by atoms with van der Waals surface area (Å²) in [6.07, 6.45) is 8.52. The molecule has 160 valence electrons. The molecule has 1 aromatic carbocycles. The molecule has 2 aromatic heterocycles. The molecule has 0 aliphatic carbocycles. The van der Waals surface area contributed by atoms with Crippen LogP contribution in [-0.2, 0) is 4.74 Å². The molecule has 1 N–H and O–H groups in total. The number of hydrogen-bond donors (Lipinski definition) is 1. The molecule has 0 atom stereocenters. The van der Waals surface area contributed by atoms with Crippen LogP contribution in [0.4, 0.5) is 10.2 Å². The van der Waals surface area contributed by atoms with Crippen molar-refractivity contribution in [3.05, 3.63) is 90.5 Å². The summed E-state index contributed by atoms with van der Waals surface area (Å²) in [4.78, 5) is 24.4. The first-order valence-corrected chi connectivity index (χ1v) is 9.81. The molecule has 0 radical (unpaired) electrons. The van der Waals surface area contributed by atoms with Crippen LogP contribution in [-0.4, -0.2) is 20.9 Å². The number of rotatable bonds is 6. The second kappa shape index (κ2) is 11.3. The maximum atomic E-state index is 13.7. The van der Waals surface area contributed by atoms with Crippen LogP contribution in [0, 0.1) is 12.7 Å². The third-order valence-electron chi connectivity index (χ3n) is 4.18. The van der Waals surface area contributed by atoms with Crippen molar-refractivity contribution in [1.29, 1.82) is 0 Å². The topological polar surface area (TPSA) is 77.0 Å². The van der Waals surface area contributed by atoms with Crippen molar-refractivity contribution in [3.8, 4) is 11.3 Å². The van der Waals surface area contributed by atoms with Crippen molar-refractivity contribution in [2.45, 2.75) is 27.7 Å². The van der Waals surface area contributed by atoms with E-state index in [-0.39, 0.29) is 11.4 Å². The van der Waals surface area contributed by atoms with E-state index in [0.717, 1.165) is 22.9 Å². The Hall–Kier alpha value is -3.87. The van der Waals surface area contributed by atoms with Crippen LogP contribution in [0.25, 0.3) is 17.0 Å². The maximum Gasteiger partial charge on any atom is 0.259 e. The van der Waals surface area contributed by atoms with Gasteiger partial charge in [-0.3, -0.25) is 14.8 Å². The lowest BCUT2D eigenvalue weighted by atomic mass is 10.0. The van der Waals surface area contributed by atoms with Gasteiger partial charge in [0.2, 0.25) is 0 Å². The fraction of sp³-hybridized carbons (Fsp3) is 0.167. The molecule has 0 bridgehead atoms. The Morgan fingerprint density at radius 3 is 2.55 bits per heavy atom. The molecule has 0 saturated heterocycles. The predicted octanol–water partition coefficient (Wildman–Crippen LogP) is 5.79. The van der Waals surface area contributed by atoms with Crippen LogP contribution in [0.5, 0.6) is 0 Å². The number of ether oxygens (including phenoxy) is 1. The van der Waals surface area contributed by atoms with Gasteiger partial charge in [0.05, 0.1) is 36.1 Å². The molecular formula is C24H25FN4O2. The number of hydrogen-bond acceptors (Lipinski definition) is 5. The van der Waals surface area contributed by atoms with E-state index in [2.05, 4.69) is 26.8 Å². The smallest absolute Gasteiger partial charge is 0.259 e. The van der Waals surface area contributed by atoms with E-state index in [0.29, 0.717) is 11.5 Å². The lowest BCUT2D eigenvalue weighted by molar-refractivity contribution is 0.102. The van der Waals surface area contributed by atoms with E-state index in [9.17, 15) is 9.18 Å². The van der Waals surface area contributed by atoms with Gasteiger partial charge >= 0.3 is 0 Å². The number of nitrogens with one attached hydrogen (secondary N) is 1. The van der Waals surface area contributed by atoms with E-state index >= 15 is 0 Å². The summed E-state index contributed by atoms with van der Waals surface area (Å²) in [6, 6.07) is 7.15. The van der Waals surface area contributed by atoms with E-state index in [1.807, 2.05) is 52.0 Å². The number of allylic oxidation sites excluding steroid dienone is 1. The van der Waals surface area contributed by atoms with Crippen LogP contribution in [0.1, 0.15) is 42.3 Å². The first-order valence-electron chi connectivity index (χ1n) is 9.81. The molecule has 0 fully saturated rings. The van der Waals surface area contributed by atoms with Crippen LogP contribution in [0.2, 0.25) is 0 Å². The number of nitrogens with zero attached hydrogens (tertiary/aromatic N) is 3. The minimum atomic E-state index is -0.705. The van der Waals surface area contributed by atoms with Gasteiger partial charge in [0.1, 0.15) is 5.76 Å². The Bertz CT molecular complexity index is 1080. The van der Waals surface area contributed by atoms with Crippen LogP contribution in [0.15, 0.2) is 68.0 Å². The lowest BCUT2D eigenvalue weighted by Crippen LogP contribution is -2.15. The van der Waals surface area contributed by atoms with Crippen LogP contribution < -0.4 is 5.32 Å². The second-order valence-electron chi connectivity index (χ2n) is 6.06. The minimum absolute atomic E-state index is 0.115. The summed E-state index contributed by atoms with van der Waals surface area (Å²) < 4.78 is 19.1. The van der Waals surface area contributed by atoms with E-state index < -0.39 is 11.7 Å². The van der Waals surface area contributed by atoms with Gasteiger partial charge in [-0.2, -0.15) is 0 Å². The summed E-state index contributed by atoms with van der Waals surface area (Å²) in [6.45, 7) is 11.4. The molecule has 6 nitrogen and oxygen atoms in total. The van der Waals surface area contributed by atoms with Gasteiger partial charge < -0.3 is 10.1 Å². The molecule has 1 amide bonds. The van der Waals surface area contributed by atoms with Gasteiger partial charge in [0.25, 0.3) is 5.91 Å². The quantitative estimate of drug-likeness (QED) is 0.511. The van der Waals surface area contributed by atoms with E-state index in [1.54, 1.807) is 6.20 Å². The lowest BCUT2D eigenvalue weighted by Gasteiger charge is -2.11. The molecule has 0 unspecified atom stereocenters. The number of aromatic nitrogens is 3. The maximum absolute atomic E-state index is 13.7. The van der Waals surface area contributed by atoms with Crippen molar-refractivity contribution in [2.75, 3.05) is 5.32 Å². The highest BCUT2D eigenvalue weighted by Crippen LogP contribution is 2.26. The van der Waals surface area contributed by atoms with Gasteiger partial charge in [0, 0.05) is 17.3 Å². The molecular weight excluding hydrogens is 395 g/mol. The number of pyridine rings is 1. The highest BCUT2D eigenvalue weighted by molar-refractivity contribution is 6.03. The highest BCUT2D eigenvalue weighted by Gasteiger charge is 2.13. The normalized spacial score (nSPS) is 10.5. The Morgan fingerprint density at radius 1 is 1.16 bits per heavy atom. The zero-order valence-electron chi connectivity index (χ0n) is 18.0. The monoisotopic (exact) mass is 420 g/mol. The molecule has 31 heavy (non-hydrogen) atoms. The zero-order valence-corrected chi connectivity index (χ0v) is 18.0. The Balaban J connectivity index is 0.00000166. The molecule has 3 rings (SSSR count). The van der Waals surface area contributed by atoms with Crippen molar-refractivity contribution in [3.63, 3.8) is 0 Å². The Kier molecular flexibility index (Phi) is 8.57. The van der Waals surface area contributed by atoms with E-state index in [1.165, 1.54) is 24.7 Å². The van der Waals surface area contributed by atoms with Gasteiger partial charge in [-0.1, -0.05) is 32.6 Å².